The van der Waals surface area contributed by atoms with Crippen molar-refractivity contribution >= 4 is 0 Å². The van der Waals surface area contributed by atoms with Gasteiger partial charge in [0.25, 0.3) is 0 Å². The van der Waals surface area contributed by atoms with Crippen LogP contribution in [0.1, 0.15) is 30.5 Å². The van der Waals surface area contributed by atoms with Gasteiger partial charge in [0.15, 0.2) is 6.04 Å². The fraction of sp³-hybridized carbons (Fsp3) is 0.647. The molecule has 0 bridgehead atoms. The highest BCUT2D eigenvalue weighted by Gasteiger charge is 2.37. The zero-order chi connectivity index (χ0) is 14.7. The van der Waals surface area contributed by atoms with Crippen LogP contribution in [0.5, 0.6) is 5.75 Å². The minimum absolute atomic E-state index is 0.605. The Kier molecular flexibility index (Phi) is 4.78. The standard InChI is InChI=1S/C17H27N3O/c1-3-7-19-8-10-20(11-9-19)15-13-18-12-14-5-4-6-16(21-2)17(14)15/h4-6,15,18H,3,7-13H2,1-2H3/p+3/t15-/m1/s1. The normalized spacial score (nSPS) is 29.0. The molecular weight excluding hydrogens is 262 g/mol. The van der Waals surface area contributed by atoms with Crippen LogP contribution in [0.4, 0.5) is 0 Å². The number of nitrogens with one attached hydrogen (secondary N) is 2. The van der Waals surface area contributed by atoms with Crippen LogP contribution in [0.3, 0.4) is 0 Å². The van der Waals surface area contributed by atoms with E-state index in [4.69, 9.17) is 4.74 Å². The molecule has 4 heteroatoms. The van der Waals surface area contributed by atoms with Gasteiger partial charge in [0.05, 0.1) is 19.2 Å². The SMILES string of the molecule is CCC[NH+]1CC[NH+]([C@@H]2C[NH2+]Cc3cccc(OC)c32)CC1. The third kappa shape index (κ3) is 3.07. The zero-order valence-electron chi connectivity index (χ0n) is 13.5. The fourth-order valence-electron chi connectivity index (χ4n) is 4.11. The average molecular weight is 292 g/mol. The van der Waals surface area contributed by atoms with Gasteiger partial charge in [-0.25, -0.2) is 0 Å². The van der Waals surface area contributed by atoms with Crippen molar-refractivity contribution in [2.45, 2.75) is 25.9 Å². The molecule has 0 aromatic heterocycles. The summed E-state index contributed by atoms with van der Waals surface area (Å²) in [6, 6.07) is 7.15. The molecule has 1 atom stereocenters. The molecule has 21 heavy (non-hydrogen) atoms. The van der Waals surface area contributed by atoms with Gasteiger partial charge in [-0.1, -0.05) is 19.1 Å². The maximum Gasteiger partial charge on any atom is 0.167 e. The summed E-state index contributed by atoms with van der Waals surface area (Å²) in [5, 5.41) is 2.46. The van der Waals surface area contributed by atoms with E-state index in [0.717, 1.165) is 12.3 Å². The number of benzene rings is 1. The molecule has 2 heterocycles. The van der Waals surface area contributed by atoms with E-state index in [-0.39, 0.29) is 0 Å². The summed E-state index contributed by atoms with van der Waals surface area (Å²) in [5.74, 6) is 1.10. The van der Waals surface area contributed by atoms with Gasteiger partial charge in [0, 0.05) is 5.56 Å². The second-order valence-corrected chi connectivity index (χ2v) is 6.47. The highest BCUT2D eigenvalue weighted by Crippen LogP contribution is 2.28. The van der Waals surface area contributed by atoms with Gasteiger partial charge >= 0.3 is 0 Å². The van der Waals surface area contributed by atoms with E-state index >= 15 is 0 Å². The quantitative estimate of drug-likeness (QED) is 0.590. The van der Waals surface area contributed by atoms with Gasteiger partial charge in [-0.2, -0.15) is 0 Å². The Balaban J connectivity index is 1.76. The van der Waals surface area contributed by atoms with Crippen LogP contribution in [0.2, 0.25) is 0 Å². The second kappa shape index (κ2) is 6.77. The number of nitrogens with two attached hydrogens (primary N) is 1. The topological polar surface area (TPSA) is 34.7 Å². The van der Waals surface area contributed by atoms with Crippen molar-refractivity contribution in [1.29, 1.82) is 0 Å². The minimum atomic E-state index is 0.605. The van der Waals surface area contributed by atoms with Crippen LogP contribution in [-0.4, -0.2) is 46.4 Å². The third-order valence-electron chi connectivity index (χ3n) is 5.19. The minimum Gasteiger partial charge on any atom is -0.496 e. The number of hydrogen-bond acceptors (Lipinski definition) is 1. The van der Waals surface area contributed by atoms with Crippen molar-refractivity contribution in [3.8, 4) is 5.75 Å². The lowest BCUT2D eigenvalue weighted by atomic mass is 9.94. The summed E-state index contributed by atoms with van der Waals surface area (Å²) in [7, 11) is 1.81. The van der Waals surface area contributed by atoms with E-state index in [1.807, 2.05) is 7.11 Å². The first kappa shape index (κ1) is 14.8. The molecule has 4 N–H and O–H groups in total. The van der Waals surface area contributed by atoms with Gasteiger partial charge in [0.2, 0.25) is 0 Å². The zero-order valence-corrected chi connectivity index (χ0v) is 13.5. The van der Waals surface area contributed by atoms with E-state index in [2.05, 4.69) is 30.4 Å². The molecule has 0 unspecified atom stereocenters. The maximum absolute atomic E-state index is 5.66. The highest BCUT2D eigenvalue weighted by molar-refractivity contribution is 5.42. The van der Waals surface area contributed by atoms with E-state index in [1.54, 1.807) is 9.80 Å². The average Bonchev–Trinajstić information content (AvgIpc) is 2.55. The van der Waals surface area contributed by atoms with Crippen LogP contribution in [0.15, 0.2) is 18.2 Å². The molecule has 0 amide bonds. The molecule has 2 aliphatic rings. The van der Waals surface area contributed by atoms with E-state index in [9.17, 15) is 0 Å². The number of piperazine rings is 1. The predicted molar refractivity (Wildman–Crippen MR) is 82.8 cm³/mol. The number of rotatable bonds is 4. The number of methoxy groups -OCH3 is 1. The van der Waals surface area contributed by atoms with Crippen molar-refractivity contribution in [3.05, 3.63) is 29.3 Å². The number of ether oxygens (including phenoxy) is 1. The molecular formula is C17H30N3O+3. The molecule has 116 valence electrons. The lowest BCUT2D eigenvalue weighted by molar-refractivity contribution is -1.03. The van der Waals surface area contributed by atoms with Gasteiger partial charge < -0.3 is 19.9 Å². The Morgan fingerprint density at radius 1 is 1.24 bits per heavy atom. The third-order valence-corrected chi connectivity index (χ3v) is 5.19. The van der Waals surface area contributed by atoms with Gasteiger partial charge in [-0.05, 0) is 12.5 Å². The van der Waals surface area contributed by atoms with Crippen LogP contribution < -0.4 is 19.9 Å². The van der Waals surface area contributed by atoms with E-state index < -0.39 is 0 Å². The molecule has 1 fully saturated rings. The largest absolute Gasteiger partial charge is 0.496 e. The first-order valence-corrected chi connectivity index (χ1v) is 8.49. The Hall–Kier alpha value is -1.10. The van der Waals surface area contributed by atoms with Crippen molar-refractivity contribution < 1.29 is 19.9 Å². The molecule has 0 spiro atoms. The molecule has 0 aliphatic carbocycles. The van der Waals surface area contributed by atoms with Crippen LogP contribution >= 0.6 is 0 Å². The van der Waals surface area contributed by atoms with Gasteiger partial charge in [-0.3, -0.25) is 0 Å². The Labute approximate surface area is 128 Å². The highest BCUT2D eigenvalue weighted by atomic mass is 16.5. The maximum atomic E-state index is 5.66. The second-order valence-electron chi connectivity index (χ2n) is 6.47. The summed E-state index contributed by atoms with van der Waals surface area (Å²) in [5.41, 5.74) is 2.96. The van der Waals surface area contributed by atoms with Crippen molar-refractivity contribution in [1.82, 2.24) is 0 Å². The summed E-state index contributed by atoms with van der Waals surface area (Å²) in [6.07, 6.45) is 1.30. The summed E-state index contributed by atoms with van der Waals surface area (Å²) in [6.45, 7) is 11.2. The lowest BCUT2D eigenvalue weighted by Crippen LogP contribution is -3.29. The fourth-order valence-corrected chi connectivity index (χ4v) is 4.11. The molecule has 3 rings (SSSR count). The lowest BCUT2D eigenvalue weighted by Gasteiger charge is -2.36. The molecule has 4 nitrogen and oxygen atoms in total. The van der Waals surface area contributed by atoms with Crippen molar-refractivity contribution in [2.24, 2.45) is 0 Å². The number of hydrogen-bond donors (Lipinski definition) is 3. The molecule has 1 saturated heterocycles. The molecule has 0 radical (unpaired) electrons. The Morgan fingerprint density at radius 2 is 2.05 bits per heavy atom. The van der Waals surface area contributed by atoms with Gasteiger partial charge in [-0.15, -0.1) is 0 Å². The number of fused-ring (bicyclic) bond motifs is 1. The molecule has 2 aliphatic heterocycles. The summed E-state index contributed by atoms with van der Waals surface area (Å²) in [4.78, 5) is 3.55. The molecule has 0 saturated carbocycles. The smallest absolute Gasteiger partial charge is 0.167 e. The summed E-state index contributed by atoms with van der Waals surface area (Å²) >= 11 is 0. The molecule has 1 aromatic rings. The first-order chi connectivity index (χ1) is 10.3. The van der Waals surface area contributed by atoms with Gasteiger partial charge in [0.1, 0.15) is 45.0 Å². The van der Waals surface area contributed by atoms with E-state index in [1.165, 1.54) is 56.8 Å². The monoisotopic (exact) mass is 292 g/mol. The number of quaternary nitrogens is 3. The Morgan fingerprint density at radius 3 is 2.76 bits per heavy atom. The van der Waals surface area contributed by atoms with Crippen LogP contribution in [0.25, 0.3) is 0 Å². The first-order valence-electron chi connectivity index (χ1n) is 8.49. The summed E-state index contributed by atoms with van der Waals surface area (Å²) < 4.78 is 5.66. The predicted octanol–water partition coefficient (Wildman–Crippen LogP) is -1.99. The van der Waals surface area contributed by atoms with Crippen LogP contribution in [-0.2, 0) is 6.54 Å². The van der Waals surface area contributed by atoms with Crippen molar-refractivity contribution in [2.75, 3.05) is 46.4 Å². The molecule has 1 aromatic carbocycles. The Bertz CT molecular complexity index is 455. The van der Waals surface area contributed by atoms with E-state index in [0.29, 0.717) is 6.04 Å². The van der Waals surface area contributed by atoms with Crippen molar-refractivity contribution in [3.63, 3.8) is 0 Å². The van der Waals surface area contributed by atoms with Crippen LogP contribution in [0, 0.1) is 0 Å².